The van der Waals surface area contributed by atoms with Crippen molar-refractivity contribution < 1.29 is 5.11 Å². The molecule has 0 saturated carbocycles. The van der Waals surface area contributed by atoms with Crippen molar-refractivity contribution >= 4 is 0 Å². The fourth-order valence-corrected chi connectivity index (χ4v) is 1.97. The molecule has 2 atom stereocenters. The van der Waals surface area contributed by atoms with Crippen molar-refractivity contribution in [1.82, 2.24) is 4.90 Å². The number of rotatable bonds is 2. The van der Waals surface area contributed by atoms with Gasteiger partial charge in [-0.25, -0.2) is 0 Å². The third-order valence-electron chi connectivity index (χ3n) is 2.60. The maximum atomic E-state index is 9.41. The van der Waals surface area contributed by atoms with E-state index >= 15 is 0 Å². The number of hydrogen-bond donors (Lipinski definition) is 1. The lowest BCUT2D eigenvalue weighted by Crippen LogP contribution is -2.33. The van der Waals surface area contributed by atoms with E-state index in [1.54, 1.807) is 0 Å². The standard InChI is InChI=1S/C9H19NO/c1-4-10-6-8(11)5-9(10)7(2)3/h7-9,11H,4-6H2,1-3H3. The predicted octanol–water partition coefficient (Wildman–Crippen LogP) is 1.10. The fourth-order valence-electron chi connectivity index (χ4n) is 1.97. The van der Waals surface area contributed by atoms with Crippen molar-refractivity contribution in [2.45, 2.75) is 39.3 Å². The van der Waals surface area contributed by atoms with Crippen LogP contribution in [0, 0.1) is 5.92 Å². The number of aliphatic hydroxyl groups is 1. The van der Waals surface area contributed by atoms with Gasteiger partial charge < -0.3 is 5.11 Å². The van der Waals surface area contributed by atoms with Gasteiger partial charge in [-0.3, -0.25) is 4.90 Å². The highest BCUT2D eigenvalue weighted by Gasteiger charge is 2.31. The number of likely N-dealkylation sites (N-methyl/N-ethyl adjacent to an activating group) is 1. The Morgan fingerprint density at radius 2 is 2.18 bits per heavy atom. The molecule has 0 aromatic carbocycles. The molecular weight excluding hydrogens is 138 g/mol. The summed E-state index contributed by atoms with van der Waals surface area (Å²) in [5.74, 6) is 0.673. The maximum Gasteiger partial charge on any atom is 0.0682 e. The summed E-state index contributed by atoms with van der Waals surface area (Å²) < 4.78 is 0. The Bertz CT molecular complexity index is 125. The summed E-state index contributed by atoms with van der Waals surface area (Å²) in [6.45, 7) is 8.56. The average molecular weight is 157 g/mol. The van der Waals surface area contributed by atoms with Crippen LogP contribution in [0.1, 0.15) is 27.2 Å². The average Bonchev–Trinajstić information content (AvgIpc) is 2.30. The smallest absolute Gasteiger partial charge is 0.0682 e. The molecule has 0 aromatic rings. The molecule has 1 heterocycles. The third kappa shape index (κ3) is 1.94. The summed E-state index contributed by atoms with van der Waals surface area (Å²) in [4.78, 5) is 2.37. The van der Waals surface area contributed by atoms with E-state index in [2.05, 4.69) is 25.7 Å². The molecule has 0 spiro atoms. The van der Waals surface area contributed by atoms with Crippen LogP contribution in [-0.2, 0) is 0 Å². The van der Waals surface area contributed by atoms with Gasteiger partial charge in [0, 0.05) is 12.6 Å². The maximum absolute atomic E-state index is 9.41. The predicted molar refractivity (Wildman–Crippen MR) is 46.5 cm³/mol. The van der Waals surface area contributed by atoms with E-state index in [1.807, 2.05) is 0 Å². The molecule has 1 aliphatic heterocycles. The molecule has 0 aliphatic carbocycles. The molecule has 0 amide bonds. The lowest BCUT2D eigenvalue weighted by atomic mass is 10.0. The Morgan fingerprint density at radius 3 is 2.55 bits per heavy atom. The van der Waals surface area contributed by atoms with E-state index in [0.717, 1.165) is 19.5 Å². The van der Waals surface area contributed by atoms with Crippen molar-refractivity contribution in [2.75, 3.05) is 13.1 Å². The van der Waals surface area contributed by atoms with Crippen molar-refractivity contribution in [3.63, 3.8) is 0 Å². The first-order valence-electron chi connectivity index (χ1n) is 4.57. The van der Waals surface area contributed by atoms with E-state index < -0.39 is 0 Å². The van der Waals surface area contributed by atoms with Crippen molar-refractivity contribution in [3.8, 4) is 0 Å². The minimum atomic E-state index is -0.0812. The third-order valence-corrected chi connectivity index (χ3v) is 2.60. The Kier molecular flexibility index (Phi) is 2.90. The summed E-state index contributed by atoms with van der Waals surface area (Å²) in [6.07, 6.45) is 0.883. The van der Waals surface area contributed by atoms with Gasteiger partial charge in [-0.05, 0) is 18.9 Å². The Labute approximate surface area is 69.2 Å². The van der Waals surface area contributed by atoms with Gasteiger partial charge in [-0.15, -0.1) is 0 Å². The fraction of sp³-hybridized carbons (Fsp3) is 1.00. The van der Waals surface area contributed by atoms with Gasteiger partial charge in [0.25, 0.3) is 0 Å². The monoisotopic (exact) mass is 157 g/mol. The number of hydrogen-bond acceptors (Lipinski definition) is 2. The molecule has 1 saturated heterocycles. The summed E-state index contributed by atoms with van der Waals surface area (Å²) in [6, 6.07) is 0.606. The van der Waals surface area contributed by atoms with Crippen LogP contribution in [0.3, 0.4) is 0 Å². The number of aliphatic hydroxyl groups excluding tert-OH is 1. The van der Waals surface area contributed by atoms with Crippen LogP contribution in [0.2, 0.25) is 0 Å². The first-order valence-corrected chi connectivity index (χ1v) is 4.57. The highest BCUT2D eigenvalue weighted by Crippen LogP contribution is 2.23. The molecular formula is C9H19NO. The van der Waals surface area contributed by atoms with Crippen LogP contribution in [0.5, 0.6) is 0 Å². The van der Waals surface area contributed by atoms with Gasteiger partial charge in [0.05, 0.1) is 6.10 Å². The largest absolute Gasteiger partial charge is 0.392 e. The lowest BCUT2D eigenvalue weighted by Gasteiger charge is -2.25. The van der Waals surface area contributed by atoms with Crippen LogP contribution < -0.4 is 0 Å². The molecule has 1 fully saturated rings. The van der Waals surface area contributed by atoms with Crippen molar-refractivity contribution in [1.29, 1.82) is 0 Å². The number of likely N-dealkylation sites (tertiary alicyclic amines) is 1. The van der Waals surface area contributed by atoms with Crippen molar-refractivity contribution in [2.24, 2.45) is 5.92 Å². The molecule has 2 unspecified atom stereocenters. The molecule has 2 heteroatoms. The minimum Gasteiger partial charge on any atom is -0.392 e. The Morgan fingerprint density at radius 1 is 1.55 bits per heavy atom. The zero-order chi connectivity index (χ0) is 8.43. The van der Waals surface area contributed by atoms with Gasteiger partial charge in [-0.2, -0.15) is 0 Å². The molecule has 0 radical (unpaired) electrons. The first-order chi connectivity index (χ1) is 5.15. The first kappa shape index (κ1) is 9.01. The van der Waals surface area contributed by atoms with E-state index in [9.17, 15) is 5.11 Å². The second kappa shape index (κ2) is 3.55. The molecule has 11 heavy (non-hydrogen) atoms. The van der Waals surface area contributed by atoms with E-state index in [1.165, 1.54) is 0 Å². The second-order valence-corrected chi connectivity index (χ2v) is 3.79. The number of nitrogens with zero attached hydrogens (tertiary/aromatic N) is 1. The quantitative estimate of drug-likeness (QED) is 0.649. The van der Waals surface area contributed by atoms with Crippen LogP contribution in [0.4, 0.5) is 0 Å². The Hall–Kier alpha value is -0.0800. The van der Waals surface area contributed by atoms with Gasteiger partial charge in [0.2, 0.25) is 0 Å². The highest BCUT2D eigenvalue weighted by molar-refractivity contribution is 4.85. The normalized spacial score (nSPS) is 33.5. The minimum absolute atomic E-state index is 0.0812. The van der Waals surface area contributed by atoms with Crippen LogP contribution in [-0.4, -0.2) is 35.2 Å². The highest BCUT2D eigenvalue weighted by atomic mass is 16.3. The van der Waals surface area contributed by atoms with Gasteiger partial charge >= 0.3 is 0 Å². The van der Waals surface area contributed by atoms with E-state index in [4.69, 9.17) is 0 Å². The van der Waals surface area contributed by atoms with Gasteiger partial charge in [-0.1, -0.05) is 20.8 Å². The zero-order valence-electron chi connectivity index (χ0n) is 7.75. The van der Waals surface area contributed by atoms with Gasteiger partial charge in [0.15, 0.2) is 0 Å². The molecule has 1 N–H and O–H groups in total. The van der Waals surface area contributed by atoms with Crippen molar-refractivity contribution in [3.05, 3.63) is 0 Å². The van der Waals surface area contributed by atoms with Crippen LogP contribution in [0.25, 0.3) is 0 Å². The summed E-state index contributed by atoms with van der Waals surface area (Å²) in [5.41, 5.74) is 0. The summed E-state index contributed by atoms with van der Waals surface area (Å²) in [5, 5.41) is 9.41. The van der Waals surface area contributed by atoms with Crippen LogP contribution in [0.15, 0.2) is 0 Å². The molecule has 0 bridgehead atoms. The second-order valence-electron chi connectivity index (χ2n) is 3.79. The molecule has 1 rings (SSSR count). The zero-order valence-corrected chi connectivity index (χ0v) is 7.75. The van der Waals surface area contributed by atoms with E-state index in [0.29, 0.717) is 12.0 Å². The van der Waals surface area contributed by atoms with Gasteiger partial charge in [0.1, 0.15) is 0 Å². The Balaban J connectivity index is 2.50. The molecule has 1 aliphatic rings. The molecule has 0 aromatic heterocycles. The topological polar surface area (TPSA) is 23.5 Å². The summed E-state index contributed by atoms with van der Waals surface area (Å²) >= 11 is 0. The molecule has 2 nitrogen and oxygen atoms in total. The summed E-state index contributed by atoms with van der Waals surface area (Å²) in [7, 11) is 0. The lowest BCUT2D eigenvalue weighted by molar-refractivity contribution is 0.175. The number of β-amino-alcohol motifs (C(OH)–C–C–N with tert-alkyl or cyclic N) is 1. The molecule has 66 valence electrons. The SMILES string of the molecule is CCN1CC(O)CC1C(C)C. The van der Waals surface area contributed by atoms with Crippen LogP contribution >= 0.6 is 0 Å². The van der Waals surface area contributed by atoms with E-state index in [-0.39, 0.29) is 6.10 Å².